The van der Waals surface area contributed by atoms with Crippen molar-refractivity contribution in [1.29, 1.82) is 0 Å². The highest BCUT2D eigenvalue weighted by molar-refractivity contribution is 8.27. The summed E-state index contributed by atoms with van der Waals surface area (Å²) in [5.74, 6) is 0.532. The third-order valence-corrected chi connectivity index (χ3v) is 5.50. The molecule has 1 amide bonds. The van der Waals surface area contributed by atoms with Gasteiger partial charge in [0.05, 0.1) is 27.2 Å². The van der Waals surface area contributed by atoms with Gasteiger partial charge in [0.1, 0.15) is 5.75 Å². The van der Waals surface area contributed by atoms with E-state index in [2.05, 4.69) is 0 Å². The van der Waals surface area contributed by atoms with Gasteiger partial charge in [-0.3, -0.25) is 9.69 Å². The first-order valence-electron chi connectivity index (χ1n) is 7.46. The first kappa shape index (κ1) is 18.3. The number of amides is 1. The van der Waals surface area contributed by atoms with Gasteiger partial charge in [-0.05, 0) is 37.3 Å². The molecule has 3 nitrogen and oxygen atoms in total. The molecule has 0 saturated carbocycles. The van der Waals surface area contributed by atoms with Crippen LogP contribution in [0.5, 0.6) is 5.75 Å². The first-order chi connectivity index (χ1) is 12.0. The molecular formula is C18H13Cl2NO2S2. The van der Waals surface area contributed by atoms with Crippen molar-refractivity contribution in [3.05, 3.63) is 63.0 Å². The van der Waals surface area contributed by atoms with Crippen LogP contribution in [0.25, 0.3) is 6.08 Å². The van der Waals surface area contributed by atoms with E-state index in [0.717, 1.165) is 11.3 Å². The van der Waals surface area contributed by atoms with Crippen molar-refractivity contribution in [2.24, 2.45) is 0 Å². The molecule has 128 valence electrons. The predicted octanol–water partition coefficient (Wildman–Crippen LogP) is 5.80. The van der Waals surface area contributed by atoms with Gasteiger partial charge in [0.25, 0.3) is 5.91 Å². The Morgan fingerprint density at radius 2 is 1.96 bits per heavy atom. The van der Waals surface area contributed by atoms with E-state index in [-0.39, 0.29) is 5.91 Å². The lowest BCUT2D eigenvalue weighted by Gasteiger charge is -2.15. The van der Waals surface area contributed by atoms with Crippen LogP contribution >= 0.6 is 47.2 Å². The van der Waals surface area contributed by atoms with Crippen LogP contribution in [0.4, 0.5) is 5.69 Å². The number of carbonyl (C=O) groups is 1. The lowest BCUT2D eigenvalue weighted by atomic mass is 10.2. The molecule has 0 atom stereocenters. The Morgan fingerprint density at radius 3 is 2.68 bits per heavy atom. The van der Waals surface area contributed by atoms with Crippen LogP contribution in [0, 0.1) is 0 Å². The van der Waals surface area contributed by atoms with E-state index in [9.17, 15) is 4.79 Å². The van der Waals surface area contributed by atoms with E-state index < -0.39 is 0 Å². The van der Waals surface area contributed by atoms with Crippen molar-refractivity contribution in [3.63, 3.8) is 0 Å². The van der Waals surface area contributed by atoms with Crippen LogP contribution in [0.3, 0.4) is 0 Å². The van der Waals surface area contributed by atoms with Crippen molar-refractivity contribution >= 4 is 69.2 Å². The maximum Gasteiger partial charge on any atom is 0.270 e. The SMILES string of the molecule is CCOc1ccccc1/C=C1\SC(=S)N(c2ccc(Cl)c(Cl)c2)C1=O. The normalized spacial score (nSPS) is 16.0. The minimum atomic E-state index is -0.195. The summed E-state index contributed by atoms with van der Waals surface area (Å²) in [7, 11) is 0. The van der Waals surface area contributed by atoms with E-state index in [1.54, 1.807) is 24.3 Å². The number of thioether (sulfide) groups is 1. The Hall–Kier alpha value is -1.53. The molecule has 0 bridgehead atoms. The maximum atomic E-state index is 12.8. The molecule has 0 aromatic heterocycles. The van der Waals surface area contributed by atoms with E-state index in [1.807, 2.05) is 31.2 Å². The third-order valence-electron chi connectivity index (χ3n) is 3.46. The zero-order valence-electron chi connectivity index (χ0n) is 13.2. The molecule has 0 aliphatic carbocycles. The second kappa shape index (κ2) is 7.79. The fourth-order valence-corrected chi connectivity index (χ4v) is 3.92. The number of ether oxygens (including phenoxy) is 1. The summed E-state index contributed by atoms with van der Waals surface area (Å²) in [6.45, 7) is 2.47. The predicted molar refractivity (Wildman–Crippen MR) is 110 cm³/mol. The fraction of sp³-hybridized carbons (Fsp3) is 0.111. The van der Waals surface area contributed by atoms with Gasteiger partial charge in [-0.15, -0.1) is 0 Å². The van der Waals surface area contributed by atoms with Gasteiger partial charge in [0, 0.05) is 5.56 Å². The number of benzene rings is 2. The number of anilines is 1. The molecule has 1 saturated heterocycles. The van der Waals surface area contributed by atoms with Gasteiger partial charge in [-0.1, -0.05) is 65.4 Å². The molecule has 1 fully saturated rings. The highest BCUT2D eigenvalue weighted by atomic mass is 35.5. The summed E-state index contributed by atoms with van der Waals surface area (Å²) >= 11 is 18.6. The number of halogens is 2. The molecule has 0 spiro atoms. The molecule has 3 rings (SSSR count). The number of hydrogen-bond donors (Lipinski definition) is 0. The number of carbonyl (C=O) groups excluding carboxylic acids is 1. The molecular weight excluding hydrogens is 397 g/mol. The van der Waals surface area contributed by atoms with E-state index in [0.29, 0.717) is 31.6 Å². The van der Waals surface area contributed by atoms with Crippen molar-refractivity contribution in [3.8, 4) is 5.75 Å². The smallest absolute Gasteiger partial charge is 0.270 e. The first-order valence-corrected chi connectivity index (χ1v) is 9.44. The lowest BCUT2D eigenvalue weighted by molar-refractivity contribution is -0.113. The van der Waals surface area contributed by atoms with Gasteiger partial charge >= 0.3 is 0 Å². The average Bonchev–Trinajstić information content (AvgIpc) is 2.86. The summed E-state index contributed by atoms with van der Waals surface area (Å²) in [6, 6.07) is 12.6. The minimum Gasteiger partial charge on any atom is -0.493 e. The summed E-state index contributed by atoms with van der Waals surface area (Å²) in [6.07, 6.45) is 1.79. The lowest BCUT2D eigenvalue weighted by Crippen LogP contribution is -2.27. The van der Waals surface area contributed by atoms with Crippen LogP contribution in [0.2, 0.25) is 10.0 Å². The number of rotatable bonds is 4. The van der Waals surface area contributed by atoms with Crippen molar-refractivity contribution in [2.45, 2.75) is 6.92 Å². The molecule has 7 heteroatoms. The molecule has 25 heavy (non-hydrogen) atoms. The second-order valence-electron chi connectivity index (χ2n) is 5.09. The Balaban J connectivity index is 1.95. The highest BCUT2D eigenvalue weighted by Gasteiger charge is 2.33. The van der Waals surface area contributed by atoms with Gasteiger partial charge in [-0.25, -0.2) is 0 Å². The number of nitrogens with zero attached hydrogens (tertiary/aromatic N) is 1. The van der Waals surface area contributed by atoms with Crippen LogP contribution in [0.1, 0.15) is 12.5 Å². The summed E-state index contributed by atoms with van der Waals surface area (Å²) in [5.41, 5.74) is 1.43. The van der Waals surface area contributed by atoms with Gasteiger partial charge < -0.3 is 4.74 Å². The highest BCUT2D eigenvalue weighted by Crippen LogP contribution is 2.38. The average molecular weight is 410 g/mol. The molecule has 0 radical (unpaired) electrons. The largest absolute Gasteiger partial charge is 0.493 e. The van der Waals surface area contributed by atoms with Crippen molar-refractivity contribution in [2.75, 3.05) is 11.5 Å². The second-order valence-corrected chi connectivity index (χ2v) is 7.58. The quantitative estimate of drug-likeness (QED) is 0.471. The zero-order chi connectivity index (χ0) is 18.0. The Morgan fingerprint density at radius 1 is 1.20 bits per heavy atom. The molecule has 0 N–H and O–H groups in total. The molecule has 2 aromatic carbocycles. The fourth-order valence-electron chi connectivity index (χ4n) is 2.34. The Bertz CT molecular complexity index is 883. The van der Waals surface area contributed by atoms with Crippen LogP contribution in [-0.2, 0) is 4.79 Å². The topological polar surface area (TPSA) is 29.5 Å². The summed E-state index contributed by atoms with van der Waals surface area (Å²) < 4.78 is 6.05. The Kier molecular flexibility index (Phi) is 5.69. The molecule has 2 aromatic rings. The Labute approximate surface area is 165 Å². The van der Waals surface area contributed by atoms with Gasteiger partial charge in [0.15, 0.2) is 4.32 Å². The van der Waals surface area contributed by atoms with Crippen LogP contribution in [-0.4, -0.2) is 16.8 Å². The maximum absolute atomic E-state index is 12.8. The monoisotopic (exact) mass is 409 g/mol. The molecule has 1 heterocycles. The van der Waals surface area contributed by atoms with Crippen molar-refractivity contribution in [1.82, 2.24) is 0 Å². The third kappa shape index (κ3) is 3.85. The number of para-hydroxylation sites is 1. The summed E-state index contributed by atoms with van der Waals surface area (Å²) in [5, 5.41) is 0.802. The molecule has 1 aliphatic rings. The molecule has 1 aliphatic heterocycles. The van der Waals surface area contributed by atoms with Gasteiger partial charge in [0.2, 0.25) is 0 Å². The van der Waals surface area contributed by atoms with E-state index in [1.165, 1.54) is 16.7 Å². The van der Waals surface area contributed by atoms with Crippen molar-refractivity contribution < 1.29 is 9.53 Å². The standard InChI is InChI=1S/C18H13Cl2NO2S2/c1-2-23-15-6-4-3-5-11(15)9-16-17(22)21(18(24)25-16)12-7-8-13(19)14(20)10-12/h3-10H,2H2,1H3/b16-9-. The van der Waals surface area contributed by atoms with E-state index in [4.69, 9.17) is 40.2 Å². The number of thiocarbonyl (C=S) groups is 1. The van der Waals surface area contributed by atoms with Crippen LogP contribution < -0.4 is 9.64 Å². The summed E-state index contributed by atoms with van der Waals surface area (Å²) in [4.78, 5) is 14.8. The van der Waals surface area contributed by atoms with E-state index >= 15 is 0 Å². The van der Waals surface area contributed by atoms with Gasteiger partial charge in [-0.2, -0.15) is 0 Å². The minimum absolute atomic E-state index is 0.195. The molecule has 0 unspecified atom stereocenters. The van der Waals surface area contributed by atoms with Crippen LogP contribution in [0.15, 0.2) is 47.4 Å². The zero-order valence-corrected chi connectivity index (χ0v) is 16.3. The number of hydrogen-bond acceptors (Lipinski definition) is 4.